The summed E-state index contributed by atoms with van der Waals surface area (Å²) < 4.78 is 44.1. The molecular formula is C22H26N2O7S. The molecular weight excluding hydrogens is 436 g/mol. The van der Waals surface area contributed by atoms with Crippen molar-refractivity contribution in [2.75, 3.05) is 11.9 Å². The van der Waals surface area contributed by atoms with Crippen molar-refractivity contribution in [3.8, 4) is 11.5 Å². The predicted molar refractivity (Wildman–Crippen MR) is 119 cm³/mol. The standard InChI is InChI=1S/C22H26N2O7S/c1-15-7-8-18(13-16(15)2)30-32(26,27)31-23-11-5-6-12-28-17-9-10-20-19(14-17)22(3,4)29-21(25)24-20/h7-11,13-14H,5-6,12H2,1-4H3,(H,24,25). The number of benzene rings is 2. The number of anilines is 1. The molecule has 0 radical (unpaired) electrons. The zero-order valence-electron chi connectivity index (χ0n) is 18.4. The molecule has 2 aromatic rings. The highest BCUT2D eigenvalue weighted by Gasteiger charge is 2.33. The van der Waals surface area contributed by atoms with Crippen LogP contribution in [0.4, 0.5) is 10.5 Å². The Morgan fingerprint density at radius 3 is 2.59 bits per heavy atom. The summed E-state index contributed by atoms with van der Waals surface area (Å²) in [6.45, 7) is 7.76. The third-order valence-corrected chi connectivity index (χ3v) is 5.52. The Morgan fingerprint density at radius 1 is 1.09 bits per heavy atom. The van der Waals surface area contributed by atoms with Crippen molar-refractivity contribution in [1.29, 1.82) is 0 Å². The van der Waals surface area contributed by atoms with Crippen molar-refractivity contribution in [2.45, 2.75) is 46.1 Å². The van der Waals surface area contributed by atoms with Gasteiger partial charge in [0.25, 0.3) is 0 Å². The number of carbonyl (C=O) groups is 1. The minimum atomic E-state index is -4.29. The Morgan fingerprint density at radius 2 is 1.84 bits per heavy atom. The molecule has 1 aliphatic rings. The van der Waals surface area contributed by atoms with E-state index in [-0.39, 0.29) is 5.75 Å². The number of fused-ring (bicyclic) bond motifs is 1. The van der Waals surface area contributed by atoms with Crippen LogP contribution in [-0.2, 0) is 25.0 Å². The Hall–Kier alpha value is -3.27. The van der Waals surface area contributed by atoms with Crippen LogP contribution in [0.25, 0.3) is 0 Å². The highest BCUT2D eigenvalue weighted by Crippen LogP contribution is 2.37. The second-order valence-electron chi connectivity index (χ2n) is 7.82. The van der Waals surface area contributed by atoms with Gasteiger partial charge in [0.05, 0.1) is 12.3 Å². The third kappa shape index (κ3) is 6.13. The van der Waals surface area contributed by atoms with Crippen molar-refractivity contribution >= 4 is 28.4 Å². The number of unbranched alkanes of at least 4 members (excludes halogenated alkanes) is 1. The number of amides is 1. The van der Waals surface area contributed by atoms with E-state index in [1.54, 1.807) is 30.3 Å². The van der Waals surface area contributed by atoms with E-state index < -0.39 is 22.1 Å². The van der Waals surface area contributed by atoms with Crippen LogP contribution < -0.4 is 14.2 Å². The summed E-state index contributed by atoms with van der Waals surface area (Å²) in [7, 11) is -4.29. The first-order chi connectivity index (χ1) is 15.1. The number of hydrogen-bond acceptors (Lipinski definition) is 8. The summed E-state index contributed by atoms with van der Waals surface area (Å²) >= 11 is 0. The molecule has 1 N–H and O–H groups in total. The van der Waals surface area contributed by atoms with E-state index in [1.807, 2.05) is 33.8 Å². The minimum absolute atomic E-state index is 0.162. The lowest BCUT2D eigenvalue weighted by Gasteiger charge is -2.32. The van der Waals surface area contributed by atoms with Crippen LogP contribution >= 0.6 is 0 Å². The van der Waals surface area contributed by atoms with E-state index in [0.29, 0.717) is 30.9 Å². The zero-order valence-corrected chi connectivity index (χ0v) is 19.2. The molecule has 1 heterocycles. The molecule has 3 rings (SSSR count). The molecule has 10 heteroatoms. The summed E-state index contributed by atoms with van der Waals surface area (Å²) in [5, 5.41) is 6.12. The molecule has 2 aromatic carbocycles. The van der Waals surface area contributed by atoms with Gasteiger partial charge in [-0.15, -0.1) is 8.42 Å². The molecule has 0 aromatic heterocycles. The molecule has 32 heavy (non-hydrogen) atoms. The fraction of sp³-hybridized carbons (Fsp3) is 0.364. The maximum atomic E-state index is 11.8. The molecule has 9 nitrogen and oxygen atoms in total. The van der Waals surface area contributed by atoms with Crippen molar-refractivity contribution in [1.82, 2.24) is 0 Å². The van der Waals surface area contributed by atoms with Crippen LogP contribution in [0.2, 0.25) is 0 Å². The van der Waals surface area contributed by atoms with Gasteiger partial charge in [-0.25, -0.2) is 9.08 Å². The van der Waals surface area contributed by atoms with Gasteiger partial charge in [-0.3, -0.25) is 5.32 Å². The van der Waals surface area contributed by atoms with Gasteiger partial charge in [0.1, 0.15) is 17.1 Å². The van der Waals surface area contributed by atoms with Crippen LogP contribution in [0, 0.1) is 13.8 Å². The normalized spacial score (nSPS) is 14.9. The van der Waals surface area contributed by atoms with E-state index in [9.17, 15) is 13.2 Å². The van der Waals surface area contributed by atoms with Gasteiger partial charge in [0.2, 0.25) is 0 Å². The van der Waals surface area contributed by atoms with Crippen LogP contribution in [0.5, 0.6) is 11.5 Å². The van der Waals surface area contributed by atoms with Gasteiger partial charge >= 0.3 is 16.5 Å². The predicted octanol–water partition coefficient (Wildman–Crippen LogP) is 4.59. The molecule has 0 aliphatic carbocycles. The van der Waals surface area contributed by atoms with Crippen molar-refractivity contribution in [3.63, 3.8) is 0 Å². The second kappa shape index (κ2) is 9.47. The molecule has 172 valence electrons. The van der Waals surface area contributed by atoms with E-state index >= 15 is 0 Å². The summed E-state index contributed by atoms with van der Waals surface area (Å²) in [5.41, 5.74) is 2.67. The molecule has 0 spiro atoms. The van der Waals surface area contributed by atoms with Gasteiger partial charge in [0.15, 0.2) is 0 Å². The highest BCUT2D eigenvalue weighted by molar-refractivity contribution is 7.82. The number of oxime groups is 1. The molecule has 1 amide bonds. The average molecular weight is 463 g/mol. The largest absolute Gasteiger partial charge is 0.521 e. The maximum Gasteiger partial charge on any atom is 0.521 e. The number of aryl methyl sites for hydroxylation is 2. The molecule has 0 fully saturated rings. The minimum Gasteiger partial charge on any atom is -0.494 e. The molecule has 0 atom stereocenters. The summed E-state index contributed by atoms with van der Waals surface area (Å²) in [5.74, 6) is 0.795. The van der Waals surface area contributed by atoms with E-state index in [0.717, 1.165) is 16.7 Å². The zero-order chi connectivity index (χ0) is 23.4. The molecule has 0 saturated carbocycles. The van der Waals surface area contributed by atoms with Gasteiger partial charge in [-0.1, -0.05) is 11.2 Å². The number of ether oxygens (including phenoxy) is 2. The number of carbonyl (C=O) groups excluding carboxylic acids is 1. The van der Waals surface area contributed by atoms with Crippen molar-refractivity contribution < 1.29 is 31.2 Å². The fourth-order valence-corrected chi connectivity index (χ4v) is 3.58. The first kappa shape index (κ1) is 23.4. The quantitative estimate of drug-likeness (QED) is 0.329. The van der Waals surface area contributed by atoms with Crippen LogP contribution in [0.1, 0.15) is 43.4 Å². The second-order valence-corrected chi connectivity index (χ2v) is 8.96. The number of hydrogen-bond donors (Lipinski definition) is 1. The Bertz CT molecular complexity index is 1130. The van der Waals surface area contributed by atoms with Gasteiger partial charge in [-0.05, 0) is 82.0 Å². The summed E-state index contributed by atoms with van der Waals surface area (Å²) in [6, 6.07) is 10.3. The molecule has 0 bridgehead atoms. The highest BCUT2D eigenvalue weighted by atomic mass is 32.3. The van der Waals surface area contributed by atoms with Crippen molar-refractivity contribution in [3.05, 3.63) is 53.1 Å². The molecule has 1 aliphatic heterocycles. The summed E-state index contributed by atoms with van der Waals surface area (Å²) in [6.07, 6.45) is 1.87. The monoisotopic (exact) mass is 462 g/mol. The van der Waals surface area contributed by atoms with Gasteiger partial charge < -0.3 is 13.7 Å². The molecule has 0 saturated heterocycles. The lowest BCUT2D eigenvalue weighted by molar-refractivity contribution is 0.0418. The third-order valence-electron chi connectivity index (χ3n) is 4.86. The Labute approximate surface area is 187 Å². The van der Waals surface area contributed by atoms with Gasteiger partial charge in [0, 0.05) is 11.8 Å². The summed E-state index contributed by atoms with van der Waals surface area (Å²) in [4.78, 5) is 11.6. The lowest BCUT2D eigenvalue weighted by atomic mass is 9.94. The smallest absolute Gasteiger partial charge is 0.494 e. The first-order valence-electron chi connectivity index (χ1n) is 10.1. The SMILES string of the molecule is Cc1ccc(OS(=O)(=O)ON=CCCCOc2ccc3c(c2)C(C)(C)OC(=O)N3)cc1C. The van der Waals surface area contributed by atoms with Crippen LogP contribution in [0.15, 0.2) is 41.6 Å². The Kier molecular flexibility index (Phi) is 6.93. The maximum absolute atomic E-state index is 11.8. The number of rotatable bonds is 9. The number of cyclic esters (lactones) is 1. The first-order valence-corrected chi connectivity index (χ1v) is 11.4. The Balaban J connectivity index is 1.43. The van der Waals surface area contributed by atoms with Crippen molar-refractivity contribution in [2.24, 2.45) is 5.16 Å². The number of nitrogens with zero attached hydrogens (tertiary/aromatic N) is 1. The van der Waals surface area contributed by atoms with E-state index in [4.69, 9.17) is 13.7 Å². The van der Waals surface area contributed by atoms with Crippen LogP contribution in [0.3, 0.4) is 0 Å². The van der Waals surface area contributed by atoms with E-state index in [2.05, 4.69) is 14.8 Å². The molecule has 0 unspecified atom stereocenters. The lowest BCUT2D eigenvalue weighted by Crippen LogP contribution is -2.34. The van der Waals surface area contributed by atoms with E-state index in [1.165, 1.54) is 6.21 Å². The average Bonchev–Trinajstić information content (AvgIpc) is 2.69. The topological polar surface area (TPSA) is 113 Å². The van der Waals surface area contributed by atoms with Crippen LogP contribution in [-0.4, -0.2) is 27.3 Å². The van der Waals surface area contributed by atoms with Gasteiger partial charge in [-0.2, -0.15) is 0 Å². The number of nitrogens with one attached hydrogen (secondary N) is 1. The fourth-order valence-electron chi connectivity index (χ4n) is 3.04.